The van der Waals surface area contributed by atoms with E-state index in [4.69, 9.17) is 11.6 Å². The van der Waals surface area contributed by atoms with E-state index in [0.717, 1.165) is 9.92 Å². The summed E-state index contributed by atoms with van der Waals surface area (Å²) in [6.07, 6.45) is -0.328. The lowest BCUT2D eigenvalue weighted by molar-refractivity contribution is 0.225. The van der Waals surface area contributed by atoms with Crippen molar-refractivity contribution in [1.29, 1.82) is 0 Å². The SMILES string of the molecule is Cc1ccc(SCC(O)CSc2cccc(Cl)c2)cc1. The largest absolute Gasteiger partial charge is 0.391 e. The van der Waals surface area contributed by atoms with E-state index in [1.54, 1.807) is 23.5 Å². The fraction of sp³-hybridized carbons (Fsp3) is 0.250. The molecule has 0 fully saturated rings. The zero-order valence-corrected chi connectivity index (χ0v) is 13.6. The average molecular weight is 325 g/mol. The molecule has 0 aliphatic heterocycles. The second kappa shape index (κ2) is 7.99. The van der Waals surface area contributed by atoms with E-state index in [1.165, 1.54) is 10.5 Å². The van der Waals surface area contributed by atoms with Crippen LogP contribution in [0, 0.1) is 6.92 Å². The lowest BCUT2D eigenvalue weighted by atomic mass is 10.2. The third-order valence-electron chi connectivity index (χ3n) is 2.70. The van der Waals surface area contributed by atoms with E-state index in [1.807, 2.05) is 24.3 Å². The molecule has 0 bridgehead atoms. The quantitative estimate of drug-likeness (QED) is 0.764. The van der Waals surface area contributed by atoms with Crippen molar-refractivity contribution in [2.24, 2.45) is 0 Å². The van der Waals surface area contributed by atoms with Gasteiger partial charge in [0.15, 0.2) is 0 Å². The summed E-state index contributed by atoms with van der Waals surface area (Å²) in [5.41, 5.74) is 1.26. The summed E-state index contributed by atoms with van der Waals surface area (Å²) >= 11 is 9.25. The zero-order valence-electron chi connectivity index (χ0n) is 11.3. The number of benzene rings is 2. The smallest absolute Gasteiger partial charge is 0.0727 e. The molecular formula is C16H17ClOS2. The van der Waals surface area contributed by atoms with Gasteiger partial charge in [-0.15, -0.1) is 23.5 Å². The minimum atomic E-state index is -0.328. The number of halogens is 1. The Labute approximate surface area is 133 Å². The van der Waals surface area contributed by atoms with Crippen molar-refractivity contribution in [3.63, 3.8) is 0 Å². The summed E-state index contributed by atoms with van der Waals surface area (Å²) in [4.78, 5) is 2.29. The predicted octanol–water partition coefficient (Wildman–Crippen LogP) is 4.89. The molecule has 0 radical (unpaired) electrons. The molecule has 2 rings (SSSR count). The van der Waals surface area contributed by atoms with E-state index in [-0.39, 0.29) is 6.10 Å². The molecule has 0 saturated carbocycles. The zero-order chi connectivity index (χ0) is 14.4. The molecule has 106 valence electrons. The number of hydrogen-bond donors (Lipinski definition) is 1. The molecule has 1 unspecified atom stereocenters. The van der Waals surface area contributed by atoms with Crippen molar-refractivity contribution in [2.45, 2.75) is 22.8 Å². The van der Waals surface area contributed by atoms with Crippen LogP contribution < -0.4 is 0 Å². The topological polar surface area (TPSA) is 20.2 Å². The molecular weight excluding hydrogens is 308 g/mol. The fourth-order valence-electron chi connectivity index (χ4n) is 1.62. The van der Waals surface area contributed by atoms with E-state index >= 15 is 0 Å². The van der Waals surface area contributed by atoms with E-state index in [9.17, 15) is 5.11 Å². The first-order valence-electron chi connectivity index (χ1n) is 6.39. The third-order valence-corrected chi connectivity index (χ3v) is 5.23. The van der Waals surface area contributed by atoms with E-state index in [0.29, 0.717) is 11.5 Å². The lowest BCUT2D eigenvalue weighted by Crippen LogP contribution is -2.12. The van der Waals surface area contributed by atoms with Crippen LogP contribution in [0.1, 0.15) is 5.56 Å². The Hall–Kier alpha value is -0.610. The van der Waals surface area contributed by atoms with Crippen LogP contribution in [0.4, 0.5) is 0 Å². The van der Waals surface area contributed by atoms with Crippen molar-refractivity contribution in [1.82, 2.24) is 0 Å². The highest BCUT2D eigenvalue weighted by Gasteiger charge is 2.06. The van der Waals surface area contributed by atoms with E-state index < -0.39 is 0 Å². The molecule has 0 aliphatic rings. The van der Waals surface area contributed by atoms with Gasteiger partial charge in [0.25, 0.3) is 0 Å². The molecule has 2 aromatic rings. The van der Waals surface area contributed by atoms with Gasteiger partial charge in [-0.2, -0.15) is 0 Å². The fourth-order valence-corrected chi connectivity index (χ4v) is 3.75. The van der Waals surface area contributed by atoms with Crippen LogP contribution in [0.25, 0.3) is 0 Å². The van der Waals surface area contributed by atoms with Crippen molar-refractivity contribution in [3.05, 3.63) is 59.1 Å². The number of rotatable bonds is 6. The molecule has 1 N–H and O–H groups in total. The molecule has 2 aromatic carbocycles. The van der Waals surface area contributed by atoms with Crippen LogP contribution >= 0.6 is 35.1 Å². The van der Waals surface area contributed by atoms with Crippen molar-refractivity contribution < 1.29 is 5.11 Å². The molecule has 0 saturated heterocycles. The number of thioether (sulfide) groups is 2. The highest BCUT2D eigenvalue weighted by molar-refractivity contribution is 8.00. The maximum absolute atomic E-state index is 10.0. The van der Waals surface area contributed by atoms with Crippen molar-refractivity contribution in [2.75, 3.05) is 11.5 Å². The molecule has 1 atom stereocenters. The standard InChI is InChI=1S/C16H17ClOS2/c1-12-5-7-15(8-6-12)19-10-14(18)11-20-16-4-2-3-13(17)9-16/h2-9,14,18H,10-11H2,1H3. The van der Waals surface area contributed by atoms with Gasteiger partial charge < -0.3 is 5.11 Å². The van der Waals surface area contributed by atoms with Crippen molar-refractivity contribution >= 4 is 35.1 Å². The minimum absolute atomic E-state index is 0.328. The van der Waals surface area contributed by atoms with E-state index in [2.05, 4.69) is 31.2 Å². The molecule has 4 heteroatoms. The Morgan fingerprint density at radius 1 is 1.00 bits per heavy atom. The van der Waals surface area contributed by atoms with Crippen LogP contribution in [0.15, 0.2) is 58.3 Å². The highest BCUT2D eigenvalue weighted by Crippen LogP contribution is 2.24. The van der Waals surface area contributed by atoms with Crippen LogP contribution in [0.3, 0.4) is 0 Å². The van der Waals surface area contributed by atoms with Crippen LogP contribution in [-0.2, 0) is 0 Å². The number of aryl methyl sites for hydroxylation is 1. The first kappa shape index (κ1) is 15.8. The number of hydrogen-bond acceptors (Lipinski definition) is 3. The average Bonchev–Trinajstić information content (AvgIpc) is 2.45. The molecule has 0 spiro atoms. The molecule has 0 aliphatic carbocycles. The molecule has 0 aromatic heterocycles. The molecule has 0 amide bonds. The Morgan fingerprint density at radius 2 is 1.65 bits per heavy atom. The summed E-state index contributed by atoms with van der Waals surface area (Å²) in [5, 5.41) is 10.8. The summed E-state index contributed by atoms with van der Waals surface area (Å²) < 4.78 is 0. The minimum Gasteiger partial charge on any atom is -0.391 e. The van der Waals surface area contributed by atoms with Gasteiger partial charge in [-0.05, 0) is 37.3 Å². The molecule has 1 nitrogen and oxygen atoms in total. The van der Waals surface area contributed by atoms with Gasteiger partial charge in [0.2, 0.25) is 0 Å². The second-order valence-electron chi connectivity index (χ2n) is 4.55. The van der Waals surface area contributed by atoms with Gasteiger partial charge >= 0.3 is 0 Å². The van der Waals surface area contributed by atoms with Gasteiger partial charge in [-0.25, -0.2) is 0 Å². The Bertz CT molecular complexity index is 542. The van der Waals surface area contributed by atoms with Crippen LogP contribution in [0.2, 0.25) is 5.02 Å². The third kappa shape index (κ3) is 5.41. The van der Waals surface area contributed by atoms with Crippen LogP contribution in [-0.4, -0.2) is 22.7 Å². The number of aliphatic hydroxyl groups is 1. The summed E-state index contributed by atoms with van der Waals surface area (Å²) in [7, 11) is 0. The summed E-state index contributed by atoms with van der Waals surface area (Å²) in [5.74, 6) is 1.38. The van der Waals surface area contributed by atoms with Crippen LogP contribution in [0.5, 0.6) is 0 Å². The van der Waals surface area contributed by atoms with Gasteiger partial charge in [0.05, 0.1) is 6.10 Å². The molecule has 0 heterocycles. The predicted molar refractivity (Wildman–Crippen MR) is 90.1 cm³/mol. The Morgan fingerprint density at radius 3 is 2.30 bits per heavy atom. The van der Waals surface area contributed by atoms with Crippen molar-refractivity contribution in [3.8, 4) is 0 Å². The highest BCUT2D eigenvalue weighted by atomic mass is 35.5. The molecule has 20 heavy (non-hydrogen) atoms. The maximum atomic E-state index is 10.0. The maximum Gasteiger partial charge on any atom is 0.0727 e. The second-order valence-corrected chi connectivity index (χ2v) is 7.17. The Balaban J connectivity index is 1.75. The summed E-state index contributed by atoms with van der Waals surface area (Å²) in [6, 6.07) is 16.1. The van der Waals surface area contributed by atoms with Gasteiger partial charge in [0.1, 0.15) is 0 Å². The summed E-state index contributed by atoms with van der Waals surface area (Å²) in [6.45, 7) is 2.07. The Kier molecular flexibility index (Phi) is 6.30. The normalized spacial score (nSPS) is 12.3. The van der Waals surface area contributed by atoms with Gasteiger partial charge in [0, 0.05) is 26.3 Å². The number of aliphatic hydroxyl groups excluding tert-OH is 1. The first-order chi connectivity index (χ1) is 9.63. The van der Waals surface area contributed by atoms with Gasteiger partial charge in [-0.3, -0.25) is 0 Å². The first-order valence-corrected chi connectivity index (χ1v) is 8.74. The monoisotopic (exact) mass is 324 g/mol. The van der Waals surface area contributed by atoms with Gasteiger partial charge in [-0.1, -0.05) is 35.4 Å². The lowest BCUT2D eigenvalue weighted by Gasteiger charge is -2.10.